The van der Waals surface area contributed by atoms with Gasteiger partial charge in [0.2, 0.25) is 0 Å². The molecule has 2 atom stereocenters. The predicted molar refractivity (Wildman–Crippen MR) is 78.5 cm³/mol. The highest BCUT2D eigenvalue weighted by molar-refractivity contribution is 5.40. The third-order valence-electron chi connectivity index (χ3n) is 3.27. The zero-order chi connectivity index (χ0) is 13.7. The van der Waals surface area contributed by atoms with Crippen molar-refractivity contribution in [1.29, 1.82) is 0 Å². The first-order valence-electron chi connectivity index (χ1n) is 7.26. The molecule has 106 valence electrons. The molecule has 0 saturated carbocycles. The average Bonchev–Trinajstić information content (AvgIpc) is 2.38. The van der Waals surface area contributed by atoms with Crippen molar-refractivity contribution < 1.29 is 4.74 Å². The average molecular weight is 263 g/mol. The van der Waals surface area contributed by atoms with Gasteiger partial charge in [-0.15, -0.1) is 0 Å². The SMILES string of the molecule is CCCNCc1cccc(N2CC(C)OC(C)C2)n1. The zero-order valence-electron chi connectivity index (χ0n) is 12.2. The number of hydrogen-bond acceptors (Lipinski definition) is 4. The molecular weight excluding hydrogens is 238 g/mol. The van der Waals surface area contributed by atoms with Crippen LogP contribution in [0.3, 0.4) is 0 Å². The fourth-order valence-corrected chi connectivity index (χ4v) is 2.50. The van der Waals surface area contributed by atoms with E-state index in [0.29, 0.717) is 0 Å². The lowest BCUT2D eigenvalue weighted by molar-refractivity contribution is -0.00546. The molecule has 1 saturated heterocycles. The lowest BCUT2D eigenvalue weighted by Gasteiger charge is -2.36. The van der Waals surface area contributed by atoms with Gasteiger partial charge in [-0.25, -0.2) is 4.98 Å². The lowest BCUT2D eigenvalue weighted by atomic mass is 10.2. The smallest absolute Gasteiger partial charge is 0.129 e. The van der Waals surface area contributed by atoms with Crippen LogP contribution in [-0.4, -0.2) is 36.8 Å². The van der Waals surface area contributed by atoms with Crippen LogP contribution in [-0.2, 0) is 11.3 Å². The van der Waals surface area contributed by atoms with Gasteiger partial charge in [-0.3, -0.25) is 0 Å². The van der Waals surface area contributed by atoms with E-state index in [1.807, 2.05) is 0 Å². The van der Waals surface area contributed by atoms with Crippen molar-refractivity contribution in [3.63, 3.8) is 0 Å². The van der Waals surface area contributed by atoms with Crippen LogP contribution in [0.4, 0.5) is 5.82 Å². The van der Waals surface area contributed by atoms with E-state index < -0.39 is 0 Å². The standard InChI is InChI=1S/C15H25N3O/c1-4-8-16-9-14-6-5-7-15(17-14)18-10-12(2)19-13(3)11-18/h5-7,12-13,16H,4,8-11H2,1-3H3. The molecule has 1 fully saturated rings. The largest absolute Gasteiger partial charge is 0.372 e. The Morgan fingerprint density at radius 3 is 2.74 bits per heavy atom. The molecule has 2 heterocycles. The fraction of sp³-hybridized carbons (Fsp3) is 0.667. The monoisotopic (exact) mass is 263 g/mol. The second kappa shape index (κ2) is 6.87. The molecule has 0 bridgehead atoms. The Balaban J connectivity index is 2.01. The summed E-state index contributed by atoms with van der Waals surface area (Å²) in [6, 6.07) is 6.27. The Hall–Kier alpha value is -1.13. The van der Waals surface area contributed by atoms with Crippen molar-refractivity contribution >= 4 is 5.82 Å². The molecule has 2 rings (SSSR count). The van der Waals surface area contributed by atoms with Crippen molar-refractivity contribution in [3.05, 3.63) is 23.9 Å². The van der Waals surface area contributed by atoms with Crippen LogP contribution in [0.25, 0.3) is 0 Å². The minimum Gasteiger partial charge on any atom is -0.372 e. The molecule has 1 aliphatic rings. The first-order valence-corrected chi connectivity index (χ1v) is 7.26. The molecule has 0 spiro atoms. The van der Waals surface area contributed by atoms with Crippen LogP contribution in [0.15, 0.2) is 18.2 Å². The summed E-state index contributed by atoms with van der Waals surface area (Å²) in [7, 11) is 0. The van der Waals surface area contributed by atoms with Crippen molar-refractivity contribution in [1.82, 2.24) is 10.3 Å². The Kier molecular flexibility index (Phi) is 5.16. The first-order chi connectivity index (χ1) is 9.19. The van der Waals surface area contributed by atoms with Crippen molar-refractivity contribution in [2.24, 2.45) is 0 Å². The molecule has 1 aliphatic heterocycles. The maximum atomic E-state index is 5.77. The van der Waals surface area contributed by atoms with Crippen LogP contribution >= 0.6 is 0 Å². The number of nitrogens with one attached hydrogen (secondary N) is 1. The molecule has 0 aromatic carbocycles. The quantitative estimate of drug-likeness (QED) is 0.826. The second-order valence-corrected chi connectivity index (χ2v) is 5.33. The van der Waals surface area contributed by atoms with Crippen LogP contribution in [0.2, 0.25) is 0 Å². The zero-order valence-corrected chi connectivity index (χ0v) is 12.2. The summed E-state index contributed by atoms with van der Waals surface area (Å²) in [6.45, 7) is 10.1. The van der Waals surface area contributed by atoms with Crippen molar-refractivity contribution in [2.75, 3.05) is 24.5 Å². The highest BCUT2D eigenvalue weighted by atomic mass is 16.5. The van der Waals surface area contributed by atoms with Crippen molar-refractivity contribution in [3.8, 4) is 0 Å². The van der Waals surface area contributed by atoms with E-state index in [-0.39, 0.29) is 12.2 Å². The van der Waals surface area contributed by atoms with Crippen LogP contribution in [0.5, 0.6) is 0 Å². The molecule has 4 heteroatoms. The van der Waals surface area contributed by atoms with Gasteiger partial charge in [0.1, 0.15) is 5.82 Å². The number of nitrogens with zero attached hydrogens (tertiary/aromatic N) is 2. The Bertz CT molecular complexity index is 387. The molecule has 1 N–H and O–H groups in total. The summed E-state index contributed by atoms with van der Waals surface area (Å²) in [5.41, 5.74) is 1.11. The van der Waals surface area contributed by atoms with Gasteiger partial charge in [0.05, 0.1) is 17.9 Å². The Morgan fingerprint density at radius 1 is 1.32 bits per heavy atom. The van der Waals surface area contributed by atoms with E-state index in [2.05, 4.69) is 49.2 Å². The summed E-state index contributed by atoms with van der Waals surface area (Å²) in [5, 5.41) is 3.39. The van der Waals surface area contributed by atoms with Crippen molar-refractivity contribution in [2.45, 2.75) is 45.9 Å². The number of aromatic nitrogens is 1. The summed E-state index contributed by atoms with van der Waals surface area (Å²) in [6.07, 6.45) is 1.69. The number of anilines is 1. The highest BCUT2D eigenvalue weighted by Crippen LogP contribution is 2.18. The minimum atomic E-state index is 0.271. The number of ether oxygens (including phenoxy) is 1. The van der Waals surface area contributed by atoms with Gasteiger partial charge in [-0.1, -0.05) is 13.0 Å². The van der Waals surface area contributed by atoms with E-state index in [1.54, 1.807) is 0 Å². The molecule has 1 aromatic heterocycles. The molecule has 1 aromatic rings. The number of pyridine rings is 1. The molecule has 19 heavy (non-hydrogen) atoms. The fourth-order valence-electron chi connectivity index (χ4n) is 2.50. The molecule has 0 amide bonds. The van der Waals surface area contributed by atoms with E-state index in [1.165, 1.54) is 0 Å². The third kappa shape index (κ3) is 4.18. The lowest BCUT2D eigenvalue weighted by Crippen LogP contribution is -2.45. The molecule has 0 radical (unpaired) electrons. The molecule has 4 nitrogen and oxygen atoms in total. The van der Waals surface area contributed by atoms with Gasteiger partial charge in [-0.05, 0) is 38.9 Å². The summed E-state index contributed by atoms with van der Waals surface area (Å²) >= 11 is 0. The number of rotatable bonds is 5. The number of morpholine rings is 1. The highest BCUT2D eigenvalue weighted by Gasteiger charge is 2.23. The van der Waals surface area contributed by atoms with Crippen LogP contribution < -0.4 is 10.2 Å². The first kappa shape index (κ1) is 14.3. The Labute approximate surface area is 116 Å². The van der Waals surface area contributed by atoms with Gasteiger partial charge in [0.15, 0.2) is 0 Å². The van der Waals surface area contributed by atoms with Gasteiger partial charge < -0.3 is 15.0 Å². The van der Waals surface area contributed by atoms with Gasteiger partial charge >= 0.3 is 0 Å². The van der Waals surface area contributed by atoms with Gasteiger partial charge in [0.25, 0.3) is 0 Å². The molecule has 0 aliphatic carbocycles. The molecule has 2 unspecified atom stereocenters. The topological polar surface area (TPSA) is 37.4 Å². The summed E-state index contributed by atoms with van der Waals surface area (Å²) < 4.78 is 5.77. The predicted octanol–water partition coefficient (Wildman–Crippen LogP) is 2.19. The second-order valence-electron chi connectivity index (χ2n) is 5.33. The minimum absolute atomic E-state index is 0.271. The Morgan fingerprint density at radius 2 is 2.05 bits per heavy atom. The maximum absolute atomic E-state index is 5.77. The summed E-state index contributed by atoms with van der Waals surface area (Å²) in [4.78, 5) is 7.07. The van der Waals surface area contributed by atoms with Crippen LogP contribution in [0.1, 0.15) is 32.9 Å². The van der Waals surface area contributed by atoms with E-state index in [4.69, 9.17) is 9.72 Å². The van der Waals surface area contributed by atoms with Crippen LogP contribution in [0, 0.1) is 0 Å². The van der Waals surface area contributed by atoms with E-state index in [0.717, 1.165) is 44.1 Å². The third-order valence-corrected chi connectivity index (χ3v) is 3.27. The maximum Gasteiger partial charge on any atom is 0.129 e. The van der Waals surface area contributed by atoms with E-state index in [9.17, 15) is 0 Å². The summed E-state index contributed by atoms with van der Waals surface area (Å²) in [5.74, 6) is 1.07. The normalized spacial score (nSPS) is 23.6. The molecular formula is C15H25N3O. The van der Waals surface area contributed by atoms with Gasteiger partial charge in [-0.2, -0.15) is 0 Å². The van der Waals surface area contributed by atoms with E-state index >= 15 is 0 Å². The number of hydrogen-bond donors (Lipinski definition) is 1. The van der Waals surface area contributed by atoms with Gasteiger partial charge in [0, 0.05) is 19.6 Å².